The molecule has 0 saturated carbocycles. The highest BCUT2D eigenvalue weighted by atomic mass is 32.1. The summed E-state index contributed by atoms with van der Waals surface area (Å²) in [5.41, 5.74) is 2.70. The molecule has 0 saturated heterocycles. The van der Waals surface area contributed by atoms with E-state index in [0.717, 1.165) is 37.0 Å². The molecule has 1 aliphatic rings. The fraction of sp³-hybridized carbons (Fsp3) is 0.278. The van der Waals surface area contributed by atoms with E-state index < -0.39 is 0 Å². The number of thiophene rings is 1. The molecule has 0 fully saturated rings. The van der Waals surface area contributed by atoms with Gasteiger partial charge in [-0.15, -0.1) is 11.3 Å². The summed E-state index contributed by atoms with van der Waals surface area (Å²) in [4.78, 5) is 15.8. The van der Waals surface area contributed by atoms with Crippen LogP contribution in [-0.4, -0.2) is 18.6 Å². The fourth-order valence-electron chi connectivity index (χ4n) is 3.15. The van der Waals surface area contributed by atoms with E-state index >= 15 is 0 Å². The van der Waals surface area contributed by atoms with Crippen LogP contribution in [0.5, 0.6) is 5.75 Å². The summed E-state index contributed by atoms with van der Waals surface area (Å²) in [7, 11) is 1.61. The van der Waals surface area contributed by atoms with Crippen LogP contribution in [0.3, 0.4) is 0 Å². The molecule has 2 aromatic heterocycles. The van der Waals surface area contributed by atoms with E-state index in [1.54, 1.807) is 19.2 Å². The molecule has 0 amide bonds. The predicted molar refractivity (Wildman–Crippen MR) is 91.2 cm³/mol. The summed E-state index contributed by atoms with van der Waals surface area (Å²) in [6.45, 7) is 2.71. The Morgan fingerprint density at radius 2 is 2.22 bits per heavy atom. The van der Waals surface area contributed by atoms with Gasteiger partial charge in [-0.2, -0.15) is 0 Å². The Morgan fingerprint density at radius 3 is 3.09 bits per heavy atom. The first-order chi connectivity index (χ1) is 11.2. The van der Waals surface area contributed by atoms with Crippen molar-refractivity contribution in [3.63, 3.8) is 0 Å². The Kier molecular flexibility index (Phi) is 3.67. The van der Waals surface area contributed by atoms with E-state index in [2.05, 4.69) is 16.3 Å². The smallest absolute Gasteiger partial charge is 0.336 e. The van der Waals surface area contributed by atoms with Crippen LogP contribution in [0.15, 0.2) is 44.9 Å². The average molecular weight is 327 g/mol. The molecule has 0 radical (unpaired) electrons. The summed E-state index contributed by atoms with van der Waals surface area (Å²) >= 11 is 1.84. The van der Waals surface area contributed by atoms with Gasteiger partial charge in [-0.25, -0.2) is 4.79 Å². The first-order valence-electron chi connectivity index (χ1n) is 7.61. The lowest BCUT2D eigenvalue weighted by atomic mass is 10.1. The Balaban J connectivity index is 1.68. The van der Waals surface area contributed by atoms with Crippen LogP contribution >= 0.6 is 11.3 Å². The SMILES string of the molecule is COc1ccc2c(CN3CCc4sccc4C3)cc(=O)oc2c1. The molecule has 23 heavy (non-hydrogen) atoms. The van der Waals surface area contributed by atoms with Gasteiger partial charge in [0.25, 0.3) is 0 Å². The second kappa shape index (κ2) is 5.83. The number of fused-ring (bicyclic) bond motifs is 2. The largest absolute Gasteiger partial charge is 0.497 e. The van der Waals surface area contributed by atoms with Crippen LogP contribution in [0, 0.1) is 0 Å². The lowest BCUT2D eigenvalue weighted by Crippen LogP contribution is -2.29. The van der Waals surface area contributed by atoms with Gasteiger partial charge in [0.15, 0.2) is 0 Å². The van der Waals surface area contributed by atoms with Crippen molar-refractivity contribution in [2.75, 3.05) is 13.7 Å². The number of hydrogen-bond acceptors (Lipinski definition) is 5. The van der Waals surface area contributed by atoms with Gasteiger partial charge in [0, 0.05) is 42.0 Å². The minimum atomic E-state index is -0.311. The third-order valence-corrected chi connectivity index (χ3v) is 5.34. The van der Waals surface area contributed by atoms with Gasteiger partial charge >= 0.3 is 5.63 Å². The zero-order valence-electron chi connectivity index (χ0n) is 12.9. The first kappa shape index (κ1) is 14.5. The molecule has 0 unspecified atom stereocenters. The predicted octanol–water partition coefficient (Wildman–Crippen LogP) is 3.42. The van der Waals surface area contributed by atoms with Crippen LogP contribution in [0.4, 0.5) is 0 Å². The molecule has 4 nitrogen and oxygen atoms in total. The quantitative estimate of drug-likeness (QED) is 0.691. The van der Waals surface area contributed by atoms with Crippen LogP contribution in [0.2, 0.25) is 0 Å². The van der Waals surface area contributed by atoms with E-state index in [9.17, 15) is 4.79 Å². The van der Waals surface area contributed by atoms with Crippen molar-refractivity contribution in [1.82, 2.24) is 4.90 Å². The second-order valence-electron chi connectivity index (χ2n) is 5.78. The number of rotatable bonds is 3. The van der Waals surface area contributed by atoms with Crippen LogP contribution < -0.4 is 10.4 Å². The summed E-state index contributed by atoms with van der Waals surface area (Å²) < 4.78 is 10.5. The molecule has 5 heteroatoms. The fourth-order valence-corrected chi connectivity index (χ4v) is 4.04. The second-order valence-corrected chi connectivity index (χ2v) is 6.78. The van der Waals surface area contributed by atoms with Crippen molar-refractivity contribution in [2.45, 2.75) is 19.5 Å². The van der Waals surface area contributed by atoms with E-state index in [1.807, 2.05) is 23.5 Å². The standard InChI is InChI=1S/C18H17NO3S/c1-21-14-2-3-15-13(8-18(20)22-16(15)9-14)11-19-6-4-17-12(10-19)5-7-23-17/h2-3,5,7-9H,4,6,10-11H2,1H3. The van der Waals surface area contributed by atoms with Crippen molar-refractivity contribution in [1.29, 1.82) is 0 Å². The molecular weight excluding hydrogens is 310 g/mol. The molecule has 0 bridgehead atoms. The Morgan fingerprint density at radius 1 is 1.30 bits per heavy atom. The normalized spacial score (nSPS) is 14.8. The lowest BCUT2D eigenvalue weighted by Gasteiger charge is -2.27. The summed E-state index contributed by atoms with van der Waals surface area (Å²) in [5, 5.41) is 3.13. The monoisotopic (exact) mass is 327 g/mol. The summed E-state index contributed by atoms with van der Waals surface area (Å²) in [6.07, 6.45) is 1.08. The van der Waals surface area contributed by atoms with Crippen molar-refractivity contribution >= 4 is 22.3 Å². The van der Waals surface area contributed by atoms with Gasteiger partial charge in [0.2, 0.25) is 0 Å². The third-order valence-electron chi connectivity index (χ3n) is 4.32. The minimum Gasteiger partial charge on any atom is -0.497 e. The van der Waals surface area contributed by atoms with E-state index in [0.29, 0.717) is 11.3 Å². The zero-order valence-corrected chi connectivity index (χ0v) is 13.7. The van der Waals surface area contributed by atoms with Gasteiger partial charge in [-0.1, -0.05) is 0 Å². The number of ether oxygens (including phenoxy) is 1. The van der Waals surface area contributed by atoms with Crippen molar-refractivity contribution < 1.29 is 9.15 Å². The topological polar surface area (TPSA) is 42.7 Å². The maximum absolute atomic E-state index is 11.9. The average Bonchev–Trinajstić information content (AvgIpc) is 3.01. The Labute approximate surface area is 137 Å². The van der Waals surface area contributed by atoms with Gasteiger partial charge in [-0.3, -0.25) is 4.90 Å². The van der Waals surface area contributed by atoms with Gasteiger partial charge in [0.05, 0.1) is 7.11 Å². The van der Waals surface area contributed by atoms with Crippen molar-refractivity contribution in [2.24, 2.45) is 0 Å². The van der Waals surface area contributed by atoms with Gasteiger partial charge in [0.1, 0.15) is 11.3 Å². The van der Waals surface area contributed by atoms with Crippen LogP contribution in [0.25, 0.3) is 11.0 Å². The van der Waals surface area contributed by atoms with Gasteiger partial charge in [-0.05, 0) is 41.1 Å². The molecule has 0 atom stereocenters. The number of methoxy groups -OCH3 is 1. The number of hydrogen-bond donors (Lipinski definition) is 0. The highest BCUT2D eigenvalue weighted by Gasteiger charge is 2.18. The molecule has 1 aromatic carbocycles. The molecule has 3 aromatic rings. The molecule has 0 N–H and O–H groups in total. The summed E-state index contributed by atoms with van der Waals surface area (Å²) in [6, 6.07) is 9.45. The minimum absolute atomic E-state index is 0.311. The molecule has 3 heterocycles. The van der Waals surface area contributed by atoms with Crippen molar-refractivity contribution in [3.8, 4) is 5.75 Å². The van der Waals surface area contributed by atoms with Crippen LogP contribution in [-0.2, 0) is 19.5 Å². The highest BCUT2D eigenvalue weighted by Crippen LogP contribution is 2.27. The molecule has 4 rings (SSSR count). The molecule has 0 aliphatic carbocycles. The molecule has 1 aliphatic heterocycles. The Hall–Kier alpha value is -2.11. The first-order valence-corrected chi connectivity index (χ1v) is 8.49. The number of benzene rings is 1. The molecule has 0 spiro atoms. The van der Waals surface area contributed by atoms with Crippen molar-refractivity contribution in [3.05, 3.63) is 62.1 Å². The highest BCUT2D eigenvalue weighted by molar-refractivity contribution is 7.10. The number of nitrogens with zero attached hydrogens (tertiary/aromatic N) is 1. The maximum Gasteiger partial charge on any atom is 0.336 e. The van der Waals surface area contributed by atoms with E-state index in [4.69, 9.17) is 9.15 Å². The van der Waals surface area contributed by atoms with E-state index in [-0.39, 0.29) is 5.63 Å². The molecule has 118 valence electrons. The van der Waals surface area contributed by atoms with E-state index in [1.165, 1.54) is 10.4 Å². The molecular formula is C18H17NO3S. The Bertz CT molecular complexity index is 912. The van der Waals surface area contributed by atoms with Gasteiger partial charge < -0.3 is 9.15 Å². The summed E-state index contributed by atoms with van der Waals surface area (Å²) in [5.74, 6) is 0.693. The zero-order chi connectivity index (χ0) is 15.8. The third kappa shape index (κ3) is 2.78. The van der Waals surface area contributed by atoms with Crippen LogP contribution in [0.1, 0.15) is 16.0 Å². The lowest BCUT2D eigenvalue weighted by molar-refractivity contribution is 0.248. The maximum atomic E-state index is 11.9.